The highest BCUT2D eigenvalue weighted by Crippen LogP contribution is 2.25. The number of anilines is 2. The van der Waals surface area contributed by atoms with Crippen LogP contribution in [0.25, 0.3) is 0 Å². The molecule has 0 unspecified atom stereocenters. The molecule has 3 N–H and O–H groups in total. The van der Waals surface area contributed by atoms with E-state index < -0.39 is 0 Å². The van der Waals surface area contributed by atoms with Crippen molar-refractivity contribution >= 4 is 11.8 Å². The van der Waals surface area contributed by atoms with Gasteiger partial charge in [0.15, 0.2) is 5.82 Å². The number of nitrogens with one attached hydrogen (secondary N) is 1. The first kappa shape index (κ1) is 15.1. The van der Waals surface area contributed by atoms with Crippen molar-refractivity contribution in [3.8, 4) is 0 Å². The minimum Gasteiger partial charge on any atom is -0.381 e. The summed E-state index contributed by atoms with van der Waals surface area (Å²) in [6.07, 6.45) is 2.75. The van der Waals surface area contributed by atoms with Crippen molar-refractivity contribution in [1.82, 2.24) is 24.7 Å². The lowest BCUT2D eigenvalue weighted by molar-refractivity contribution is 0.0835. The Labute approximate surface area is 138 Å². The average molecular weight is 331 g/mol. The Morgan fingerprint density at radius 3 is 2.83 bits per heavy atom. The number of ether oxygens (including phenoxy) is 1. The van der Waals surface area contributed by atoms with E-state index in [-0.39, 0.29) is 11.5 Å². The largest absolute Gasteiger partial charge is 0.381 e. The molecule has 0 radical (unpaired) electrons. The molecule has 9 heteroatoms. The lowest BCUT2D eigenvalue weighted by Gasteiger charge is -2.21. The number of nitrogen functional groups attached to an aromatic ring is 1. The van der Waals surface area contributed by atoms with Gasteiger partial charge < -0.3 is 15.4 Å². The maximum atomic E-state index is 11.6. The molecule has 4 heterocycles. The van der Waals surface area contributed by atoms with Crippen LogP contribution in [0.2, 0.25) is 0 Å². The van der Waals surface area contributed by atoms with Crippen molar-refractivity contribution in [1.29, 1.82) is 0 Å². The maximum absolute atomic E-state index is 11.6. The van der Waals surface area contributed by atoms with Gasteiger partial charge in [-0.2, -0.15) is 10.1 Å². The standard InChI is InChI=1S/C15H21N7O2/c16-15-18-12(9-13(23)19-15)21-4-1-11-17-14(20-22(11)6-5-21)10-2-7-24-8-3-10/h9-10H,1-8H2,(H3,16,18,19,23). The molecule has 24 heavy (non-hydrogen) atoms. The molecule has 2 aromatic heterocycles. The van der Waals surface area contributed by atoms with Crippen LogP contribution in [0.5, 0.6) is 0 Å². The van der Waals surface area contributed by atoms with E-state index in [2.05, 4.69) is 14.9 Å². The first-order valence-electron chi connectivity index (χ1n) is 8.32. The van der Waals surface area contributed by atoms with Gasteiger partial charge in [0.2, 0.25) is 5.95 Å². The normalized spacial score (nSPS) is 19.1. The van der Waals surface area contributed by atoms with Crippen molar-refractivity contribution in [2.45, 2.75) is 31.7 Å². The number of nitrogens with two attached hydrogens (primary N) is 1. The van der Waals surface area contributed by atoms with Gasteiger partial charge in [-0.3, -0.25) is 9.78 Å². The van der Waals surface area contributed by atoms with Gasteiger partial charge in [-0.15, -0.1) is 0 Å². The number of fused-ring (bicyclic) bond motifs is 1. The van der Waals surface area contributed by atoms with E-state index in [0.717, 1.165) is 63.8 Å². The minimum absolute atomic E-state index is 0.138. The summed E-state index contributed by atoms with van der Waals surface area (Å²) in [5.41, 5.74) is 5.40. The van der Waals surface area contributed by atoms with Crippen LogP contribution in [0.1, 0.15) is 30.4 Å². The van der Waals surface area contributed by atoms with Crippen LogP contribution < -0.4 is 16.2 Å². The highest BCUT2D eigenvalue weighted by molar-refractivity contribution is 5.41. The number of H-pyrrole nitrogens is 1. The fourth-order valence-electron chi connectivity index (χ4n) is 3.30. The molecule has 0 bridgehead atoms. The van der Waals surface area contributed by atoms with Crippen LogP contribution in [0.3, 0.4) is 0 Å². The number of hydrogen-bond acceptors (Lipinski definition) is 7. The van der Waals surface area contributed by atoms with Crippen LogP contribution in [-0.2, 0) is 17.7 Å². The molecule has 1 fully saturated rings. The van der Waals surface area contributed by atoms with E-state index in [1.54, 1.807) is 0 Å². The smallest absolute Gasteiger partial charge is 0.254 e. The Kier molecular flexibility index (Phi) is 3.93. The van der Waals surface area contributed by atoms with Crippen LogP contribution in [0.15, 0.2) is 10.9 Å². The second-order valence-corrected chi connectivity index (χ2v) is 6.22. The lowest BCUT2D eigenvalue weighted by atomic mass is 10.00. The summed E-state index contributed by atoms with van der Waals surface area (Å²) in [5, 5.41) is 4.71. The molecule has 128 valence electrons. The molecule has 2 aromatic rings. The fourth-order valence-corrected chi connectivity index (χ4v) is 3.30. The molecule has 0 spiro atoms. The zero-order chi connectivity index (χ0) is 16.5. The van der Waals surface area contributed by atoms with Gasteiger partial charge in [0.1, 0.15) is 11.6 Å². The molecular weight excluding hydrogens is 310 g/mol. The van der Waals surface area contributed by atoms with E-state index >= 15 is 0 Å². The summed E-state index contributed by atoms with van der Waals surface area (Å²) in [6.45, 7) is 3.76. The number of rotatable bonds is 2. The Morgan fingerprint density at radius 2 is 2.04 bits per heavy atom. The summed E-state index contributed by atoms with van der Waals surface area (Å²) in [7, 11) is 0. The van der Waals surface area contributed by atoms with Crippen molar-refractivity contribution in [2.75, 3.05) is 36.9 Å². The second-order valence-electron chi connectivity index (χ2n) is 6.22. The third-order valence-electron chi connectivity index (χ3n) is 4.61. The van der Waals surface area contributed by atoms with Gasteiger partial charge >= 0.3 is 0 Å². The van der Waals surface area contributed by atoms with Crippen LogP contribution >= 0.6 is 0 Å². The van der Waals surface area contributed by atoms with Crippen LogP contribution in [0.4, 0.5) is 11.8 Å². The quantitative estimate of drug-likeness (QED) is 0.789. The molecule has 0 aliphatic carbocycles. The van der Waals surface area contributed by atoms with Gasteiger partial charge in [-0.25, -0.2) is 9.67 Å². The van der Waals surface area contributed by atoms with E-state index in [0.29, 0.717) is 11.7 Å². The fraction of sp³-hybridized carbons (Fsp3) is 0.600. The highest BCUT2D eigenvalue weighted by Gasteiger charge is 2.24. The van der Waals surface area contributed by atoms with E-state index in [9.17, 15) is 4.79 Å². The van der Waals surface area contributed by atoms with Gasteiger partial charge in [0, 0.05) is 44.7 Å². The topological polar surface area (TPSA) is 115 Å². The first-order valence-corrected chi connectivity index (χ1v) is 8.32. The molecule has 4 rings (SSSR count). The summed E-state index contributed by atoms with van der Waals surface area (Å²) < 4.78 is 7.40. The molecule has 0 amide bonds. The molecule has 2 aliphatic rings. The number of nitrogens with zero attached hydrogens (tertiary/aromatic N) is 5. The molecular formula is C15H21N7O2. The molecule has 1 saturated heterocycles. The predicted molar refractivity (Wildman–Crippen MR) is 88.0 cm³/mol. The Bertz CT molecular complexity index is 753. The van der Waals surface area contributed by atoms with Crippen molar-refractivity contribution < 1.29 is 4.74 Å². The Balaban J connectivity index is 1.50. The summed E-state index contributed by atoms with van der Waals surface area (Å²) in [6, 6.07) is 1.48. The number of aromatic amines is 1. The summed E-state index contributed by atoms with van der Waals surface area (Å²) >= 11 is 0. The molecule has 0 aromatic carbocycles. The zero-order valence-electron chi connectivity index (χ0n) is 13.4. The van der Waals surface area contributed by atoms with E-state index in [4.69, 9.17) is 20.6 Å². The highest BCUT2D eigenvalue weighted by atomic mass is 16.5. The van der Waals surface area contributed by atoms with Gasteiger partial charge in [-0.05, 0) is 12.8 Å². The third-order valence-corrected chi connectivity index (χ3v) is 4.61. The Hall–Kier alpha value is -2.42. The first-order chi connectivity index (χ1) is 11.7. The zero-order valence-corrected chi connectivity index (χ0v) is 13.4. The summed E-state index contributed by atoms with van der Waals surface area (Å²) in [5.74, 6) is 3.09. The van der Waals surface area contributed by atoms with Gasteiger partial charge in [-0.1, -0.05) is 0 Å². The minimum atomic E-state index is -0.237. The predicted octanol–water partition coefficient (Wildman–Crippen LogP) is -0.0997. The van der Waals surface area contributed by atoms with Crippen molar-refractivity contribution in [3.63, 3.8) is 0 Å². The molecule has 2 aliphatic heterocycles. The lowest BCUT2D eigenvalue weighted by Crippen LogP contribution is -2.29. The SMILES string of the molecule is Nc1nc(N2CCc3nc(C4CCOCC4)nn3CC2)cc(=O)[nH]1. The van der Waals surface area contributed by atoms with Crippen LogP contribution in [-0.4, -0.2) is 51.0 Å². The monoisotopic (exact) mass is 331 g/mol. The molecule has 0 saturated carbocycles. The van der Waals surface area contributed by atoms with Crippen LogP contribution in [0, 0.1) is 0 Å². The number of aromatic nitrogens is 5. The van der Waals surface area contributed by atoms with Crippen molar-refractivity contribution in [3.05, 3.63) is 28.1 Å². The average Bonchev–Trinajstić information content (AvgIpc) is 2.88. The third kappa shape index (κ3) is 2.99. The second kappa shape index (κ2) is 6.23. The maximum Gasteiger partial charge on any atom is 0.254 e. The Morgan fingerprint density at radius 1 is 1.21 bits per heavy atom. The van der Waals surface area contributed by atoms with E-state index in [1.165, 1.54) is 6.07 Å². The van der Waals surface area contributed by atoms with Gasteiger partial charge in [0.05, 0.1) is 6.54 Å². The summed E-state index contributed by atoms with van der Waals surface area (Å²) in [4.78, 5) is 25.1. The molecule has 9 nitrogen and oxygen atoms in total. The van der Waals surface area contributed by atoms with Crippen molar-refractivity contribution in [2.24, 2.45) is 0 Å². The van der Waals surface area contributed by atoms with Gasteiger partial charge in [0.25, 0.3) is 5.56 Å². The van der Waals surface area contributed by atoms with E-state index in [1.807, 2.05) is 4.68 Å². The number of hydrogen-bond donors (Lipinski definition) is 2. The molecule has 0 atom stereocenters.